The Hall–Kier alpha value is -3.67. The molecule has 8 heteroatoms. The lowest BCUT2D eigenvalue weighted by atomic mass is 10.1. The highest BCUT2D eigenvalue weighted by Gasteiger charge is 2.16. The van der Waals surface area contributed by atoms with Crippen molar-refractivity contribution >= 4 is 28.8 Å². The molecule has 1 heterocycles. The molecule has 2 N–H and O–H groups in total. The topological polar surface area (TPSA) is 94.5 Å². The molecule has 0 saturated heterocycles. The minimum Gasteiger partial charge on any atom is -0.385 e. The van der Waals surface area contributed by atoms with Crippen LogP contribution in [0.5, 0.6) is 0 Å². The number of aromatic nitrogens is 2. The first kappa shape index (κ1) is 26.6. The van der Waals surface area contributed by atoms with Gasteiger partial charge >= 0.3 is 0 Å². The Bertz CT molecular complexity index is 1150. The van der Waals surface area contributed by atoms with Gasteiger partial charge in [0, 0.05) is 50.6 Å². The summed E-state index contributed by atoms with van der Waals surface area (Å²) in [6, 6.07) is 12.1. The lowest BCUT2D eigenvalue weighted by Crippen LogP contribution is -2.26. The minimum atomic E-state index is -0.317. The molecule has 34 heavy (non-hydrogen) atoms. The first-order chi connectivity index (χ1) is 16.6. The normalized spacial score (nSPS) is 10.2. The number of amides is 2. The number of carbonyl (C=O) groups is 2. The number of hydrogen-bond donors (Lipinski definition) is 2. The van der Waals surface area contributed by atoms with Crippen molar-refractivity contribution in [2.24, 2.45) is 0 Å². The van der Waals surface area contributed by atoms with Crippen molar-refractivity contribution in [2.45, 2.75) is 26.8 Å². The fraction of sp³-hybridized carbons (Fsp3) is 0.346. The van der Waals surface area contributed by atoms with Gasteiger partial charge in [-0.25, -0.2) is 4.98 Å². The van der Waals surface area contributed by atoms with E-state index in [2.05, 4.69) is 21.5 Å². The number of methoxy groups -OCH3 is 2. The molecule has 0 spiro atoms. The molecular formula is C26H32N4O4. The molecule has 1 aromatic heterocycles. The zero-order valence-electron chi connectivity index (χ0n) is 20.2. The van der Waals surface area contributed by atoms with Gasteiger partial charge in [-0.2, -0.15) is 0 Å². The number of nitrogens with zero attached hydrogens (tertiary/aromatic N) is 2. The second-order valence-electron chi connectivity index (χ2n) is 7.06. The van der Waals surface area contributed by atoms with Gasteiger partial charge in [0.2, 0.25) is 5.95 Å². The van der Waals surface area contributed by atoms with E-state index >= 15 is 0 Å². The number of anilines is 1. The van der Waals surface area contributed by atoms with Crippen LogP contribution in [0.2, 0.25) is 0 Å². The number of rotatable bonds is 10. The molecule has 0 saturated carbocycles. The third-order valence-electron chi connectivity index (χ3n) is 4.85. The number of imidazole rings is 1. The second-order valence-corrected chi connectivity index (χ2v) is 7.06. The zero-order valence-corrected chi connectivity index (χ0v) is 20.2. The van der Waals surface area contributed by atoms with Gasteiger partial charge in [0.25, 0.3) is 11.8 Å². The van der Waals surface area contributed by atoms with E-state index in [9.17, 15) is 9.59 Å². The summed E-state index contributed by atoms with van der Waals surface area (Å²) in [6.07, 6.45) is 6.17. The SMILES string of the molecule is C#Cc1cccc(C(=O)Nc2nc3cc(C(=O)NCCOC)ccc3n2CCCOC)c1.CC. The Morgan fingerprint density at radius 1 is 1.03 bits per heavy atom. The summed E-state index contributed by atoms with van der Waals surface area (Å²) in [6.45, 7) is 6.00. The largest absolute Gasteiger partial charge is 0.385 e. The molecule has 8 nitrogen and oxygen atoms in total. The maximum absolute atomic E-state index is 12.8. The molecule has 0 aliphatic carbocycles. The van der Waals surface area contributed by atoms with Crippen LogP contribution in [-0.4, -0.2) is 55.3 Å². The summed E-state index contributed by atoms with van der Waals surface area (Å²) in [5.41, 5.74) is 2.95. The van der Waals surface area contributed by atoms with Crippen LogP contribution in [0.25, 0.3) is 11.0 Å². The van der Waals surface area contributed by atoms with Crippen molar-refractivity contribution < 1.29 is 19.1 Å². The van der Waals surface area contributed by atoms with Crippen molar-refractivity contribution in [2.75, 3.05) is 39.3 Å². The standard InChI is InChI=1S/C24H26N4O4.C2H6/c1-4-17-7-5-8-18(15-17)23(30)27-24-26-20-16-19(22(29)25-11-14-32-3)9-10-21(20)28(24)12-6-13-31-2;1-2/h1,5,7-10,15-16H,6,11-14H2,2-3H3,(H,25,29)(H,26,27,30);1-2H3. The third-order valence-corrected chi connectivity index (χ3v) is 4.85. The number of terminal acetylenes is 1. The predicted octanol–water partition coefficient (Wildman–Crippen LogP) is 3.71. The average Bonchev–Trinajstić information content (AvgIpc) is 3.21. The summed E-state index contributed by atoms with van der Waals surface area (Å²) >= 11 is 0. The van der Waals surface area contributed by atoms with Gasteiger partial charge in [0.05, 0.1) is 17.6 Å². The highest BCUT2D eigenvalue weighted by Crippen LogP contribution is 2.22. The summed E-state index contributed by atoms with van der Waals surface area (Å²) in [5, 5.41) is 5.66. The van der Waals surface area contributed by atoms with Crippen LogP contribution in [0.4, 0.5) is 5.95 Å². The zero-order chi connectivity index (χ0) is 24.9. The van der Waals surface area contributed by atoms with E-state index in [0.29, 0.717) is 54.5 Å². The monoisotopic (exact) mass is 464 g/mol. The van der Waals surface area contributed by atoms with E-state index in [1.807, 2.05) is 24.5 Å². The average molecular weight is 465 g/mol. The van der Waals surface area contributed by atoms with E-state index in [1.54, 1.807) is 50.6 Å². The van der Waals surface area contributed by atoms with Crippen molar-refractivity contribution in [1.82, 2.24) is 14.9 Å². The van der Waals surface area contributed by atoms with Crippen LogP contribution in [0.15, 0.2) is 42.5 Å². The van der Waals surface area contributed by atoms with Crippen LogP contribution in [0, 0.1) is 12.3 Å². The van der Waals surface area contributed by atoms with Crippen LogP contribution < -0.4 is 10.6 Å². The van der Waals surface area contributed by atoms with Crippen molar-refractivity contribution in [1.29, 1.82) is 0 Å². The molecule has 0 fully saturated rings. The van der Waals surface area contributed by atoms with Gasteiger partial charge in [-0.05, 0) is 42.8 Å². The van der Waals surface area contributed by atoms with Gasteiger partial charge in [-0.15, -0.1) is 6.42 Å². The first-order valence-electron chi connectivity index (χ1n) is 11.2. The molecule has 3 aromatic rings. The Balaban J connectivity index is 0.00000199. The summed E-state index contributed by atoms with van der Waals surface area (Å²) in [4.78, 5) is 29.8. The molecule has 0 unspecified atom stereocenters. The van der Waals surface area contributed by atoms with E-state index in [0.717, 1.165) is 11.9 Å². The number of benzene rings is 2. The van der Waals surface area contributed by atoms with E-state index < -0.39 is 0 Å². The van der Waals surface area contributed by atoms with E-state index in [4.69, 9.17) is 15.9 Å². The number of hydrogen-bond acceptors (Lipinski definition) is 5. The lowest BCUT2D eigenvalue weighted by molar-refractivity contribution is 0.0936. The van der Waals surface area contributed by atoms with Crippen LogP contribution in [0.1, 0.15) is 46.5 Å². The second kappa shape index (κ2) is 13.8. The number of carbonyl (C=O) groups excluding carboxylic acids is 2. The van der Waals surface area contributed by atoms with Crippen LogP contribution >= 0.6 is 0 Å². The molecule has 3 rings (SSSR count). The molecule has 0 radical (unpaired) electrons. The van der Waals surface area contributed by atoms with Gasteiger partial charge in [-0.3, -0.25) is 14.9 Å². The maximum Gasteiger partial charge on any atom is 0.258 e. The third kappa shape index (κ3) is 6.91. The first-order valence-corrected chi connectivity index (χ1v) is 11.2. The molecule has 2 amide bonds. The fourth-order valence-corrected chi connectivity index (χ4v) is 3.25. The van der Waals surface area contributed by atoms with Gasteiger partial charge in [-0.1, -0.05) is 25.8 Å². The highest BCUT2D eigenvalue weighted by atomic mass is 16.5. The molecule has 0 bridgehead atoms. The summed E-state index contributed by atoms with van der Waals surface area (Å²) in [5.74, 6) is 2.39. The molecule has 180 valence electrons. The Morgan fingerprint density at radius 3 is 2.47 bits per heavy atom. The van der Waals surface area contributed by atoms with Crippen LogP contribution in [0.3, 0.4) is 0 Å². The quantitative estimate of drug-likeness (QED) is 0.352. The Kier molecular flexibility index (Phi) is 10.8. The fourth-order valence-electron chi connectivity index (χ4n) is 3.25. The molecule has 2 aromatic carbocycles. The predicted molar refractivity (Wildman–Crippen MR) is 134 cm³/mol. The van der Waals surface area contributed by atoms with E-state index in [1.165, 1.54) is 0 Å². The van der Waals surface area contributed by atoms with Gasteiger partial charge < -0.3 is 19.4 Å². The van der Waals surface area contributed by atoms with Gasteiger partial charge in [0.1, 0.15) is 0 Å². The Labute approximate surface area is 200 Å². The van der Waals surface area contributed by atoms with E-state index in [-0.39, 0.29) is 11.8 Å². The smallest absolute Gasteiger partial charge is 0.258 e. The molecule has 0 atom stereocenters. The van der Waals surface area contributed by atoms with Crippen molar-refractivity contribution in [3.05, 3.63) is 59.2 Å². The summed E-state index contributed by atoms with van der Waals surface area (Å²) in [7, 11) is 3.22. The number of fused-ring (bicyclic) bond motifs is 1. The van der Waals surface area contributed by atoms with Crippen LogP contribution in [-0.2, 0) is 16.0 Å². The van der Waals surface area contributed by atoms with Crippen molar-refractivity contribution in [3.63, 3.8) is 0 Å². The lowest BCUT2D eigenvalue weighted by Gasteiger charge is -2.10. The van der Waals surface area contributed by atoms with Gasteiger partial charge in [0.15, 0.2) is 0 Å². The van der Waals surface area contributed by atoms with Crippen molar-refractivity contribution in [3.8, 4) is 12.3 Å². The Morgan fingerprint density at radius 2 is 1.76 bits per heavy atom. The summed E-state index contributed by atoms with van der Waals surface area (Å²) < 4.78 is 12.0. The number of nitrogens with one attached hydrogen (secondary N) is 2. The molecule has 0 aliphatic heterocycles. The number of aryl methyl sites for hydroxylation is 1. The molecular weight excluding hydrogens is 432 g/mol. The number of ether oxygens (including phenoxy) is 2. The minimum absolute atomic E-state index is 0.213. The highest BCUT2D eigenvalue weighted by molar-refractivity contribution is 6.04. The molecule has 0 aliphatic rings. The maximum atomic E-state index is 12.8.